The molecule has 0 saturated carbocycles. The fourth-order valence-corrected chi connectivity index (χ4v) is 2.01. The van der Waals surface area contributed by atoms with Gasteiger partial charge in [0, 0.05) is 29.5 Å². The molecule has 94 valence electrons. The van der Waals surface area contributed by atoms with Crippen LogP contribution >= 0.6 is 11.6 Å². The number of anilines is 1. The van der Waals surface area contributed by atoms with Crippen LogP contribution in [0.4, 0.5) is 5.69 Å². The van der Waals surface area contributed by atoms with Gasteiger partial charge in [-0.2, -0.15) is 5.10 Å². The van der Waals surface area contributed by atoms with Gasteiger partial charge >= 0.3 is 0 Å². The third kappa shape index (κ3) is 2.54. The van der Waals surface area contributed by atoms with E-state index in [2.05, 4.69) is 10.4 Å². The topological polar surface area (TPSA) is 46.9 Å². The normalized spacial score (nSPS) is 10.4. The van der Waals surface area contributed by atoms with Crippen LogP contribution in [-0.4, -0.2) is 15.7 Å². The summed E-state index contributed by atoms with van der Waals surface area (Å²) in [5, 5.41) is 7.62. The molecule has 2 rings (SSSR count). The molecule has 0 aliphatic rings. The van der Waals surface area contributed by atoms with Gasteiger partial charge in [-0.25, -0.2) is 0 Å². The monoisotopic (exact) mass is 263 g/mol. The Labute approximate surface area is 111 Å². The molecule has 1 amide bonds. The van der Waals surface area contributed by atoms with Crippen molar-refractivity contribution < 1.29 is 4.79 Å². The summed E-state index contributed by atoms with van der Waals surface area (Å²) in [7, 11) is 1.79. The molecule has 0 fully saturated rings. The molecule has 0 radical (unpaired) electrons. The number of benzene rings is 1. The summed E-state index contributed by atoms with van der Waals surface area (Å²) in [6, 6.07) is 5.34. The number of nitrogens with one attached hydrogen (secondary N) is 1. The second-order valence-corrected chi connectivity index (χ2v) is 4.68. The van der Waals surface area contributed by atoms with Crippen LogP contribution in [0.5, 0.6) is 0 Å². The van der Waals surface area contributed by atoms with Gasteiger partial charge in [-0.15, -0.1) is 0 Å². The first-order valence-corrected chi connectivity index (χ1v) is 5.93. The zero-order valence-electron chi connectivity index (χ0n) is 10.5. The predicted octanol–water partition coefficient (Wildman–Crippen LogP) is 2.94. The van der Waals surface area contributed by atoms with Crippen LogP contribution < -0.4 is 5.32 Å². The van der Waals surface area contributed by atoms with E-state index in [9.17, 15) is 4.79 Å². The van der Waals surface area contributed by atoms with E-state index in [1.165, 1.54) is 0 Å². The van der Waals surface area contributed by atoms with Crippen molar-refractivity contribution in [3.8, 4) is 0 Å². The standard InChI is InChI=1S/C13H14ClN3O/c1-8-6-10(14)4-5-11(8)15-13(18)12-9(2)7-17(3)16-12/h4-7H,1-3H3,(H,15,18). The molecule has 2 aromatic rings. The molecule has 0 bridgehead atoms. The highest BCUT2D eigenvalue weighted by atomic mass is 35.5. The number of aromatic nitrogens is 2. The number of carbonyl (C=O) groups is 1. The zero-order chi connectivity index (χ0) is 13.3. The lowest BCUT2D eigenvalue weighted by atomic mass is 10.2. The van der Waals surface area contributed by atoms with Crippen molar-refractivity contribution in [3.05, 3.63) is 46.2 Å². The van der Waals surface area contributed by atoms with Gasteiger partial charge in [0.25, 0.3) is 5.91 Å². The molecule has 0 atom stereocenters. The van der Waals surface area contributed by atoms with Gasteiger partial charge in [0.2, 0.25) is 0 Å². The number of aryl methyl sites for hydroxylation is 3. The van der Waals surface area contributed by atoms with E-state index < -0.39 is 0 Å². The number of nitrogens with zero attached hydrogens (tertiary/aromatic N) is 2. The summed E-state index contributed by atoms with van der Waals surface area (Å²) in [4.78, 5) is 12.1. The molecule has 1 heterocycles. The van der Waals surface area contributed by atoms with Gasteiger partial charge in [0.15, 0.2) is 5.69 Å². The van der Waals surface area contributed by atoms with Crippen LogP contribution in [0.1, 0.15) is 21.6 Å². The van der Waals surface area contributed by atoms with Gasteiger partial charge in [-0.3, -0.25) is 9.48 Å². The number of rotatable bonds is 2. The first-order chi connectivity index (χ1) is 8.47. The Balaban J connectivity index is 2.24. The first kappa shape index (κ1) is 12.6. The molecule has 1 N–H and O–H groups in total. The maximum atomic E-state index is 12.1. The van der Waals surface area contributed by atoms with E-state index in [1.54, 1.807) is 23.9 Å². The van der Waals surface area contributed by atoms with Crippen molar-refractivity contribution in [2.24, 2.45) is 7.05 Å². The van der Waals surface area contributed by atoms with E-state index in [4.69, 9.17) is 11.6 Å². The van der Waals surface area contributed by atoms with Crippen molar-refractivity contribution in [3.63, 3.8) is 0 Å². The third-order valence-electron chi connectivity index (χ3n) is 2.66. The average molecular weight is 264 g/mol. The Bertz CT molecular complexity index is 604. The molecule has 18 heavy (non-hydrogen) atoms. The summed E-state index contributed by atoms with van der Waals surface area (Å²) in [6.45, 7) is 3.75. The molecule has 0 spiro atoms. The molecule has 0 saturated heterocycles. The maximum absolute atomic E-state index is 12.1. The number of amides is 1. The predicted molar refractivity (Wildman–Crippen MR) is 72.1 cm³/mol. The fourth-order valence-electron chi connectivity index (χ4n) is 1.78. The Morgan fingerprint density at radius 2 is 2.06 bits per heavy atom. The maximum Gasteiger partial charge on any atom is 0.276 e. The van der Waals surface area contributed by atoms with Crippen LogP contribution in [0.15, 0.2) is 24.4 Å². The zero-order valence-corrected chi connectivity index (χ0v) is 11.2. The van der Waals surface area contributed by atoms with E-state index in [0.29, 0.717) is 10.7 Å². The fraction of sp³-hybridized carbons (Fsp3) is 0.231. The first-order valence-electron chi connectivity index (χ1n) is 5.55. The van der Waals surface area contributed by atoms with Gasteiger partial charge < -0.3 is 5.32 Å². The number of hydrogen-bond donors (Lipinski definition) is 1. The van der Waals surface area contributed by atoms with E-state index in [1.807, 2.05) is 26.1 Å². The van der Waals surface area contributed by atoms with Gasteiger partial charge in [0.1, 0.15) is 0 Å². The largest absolute Gasteiger partial charge is 0.320 e. The number of carbonyl (C=O) groups excluding carboxylic acids is 1. The van der Waals surface area contributed by atoms with Crippen molar-refractivity contribution in [1.29, 1.82) is 0 Å². The van der Waals surface area contributed by atoms with Crippen molar-refractivity contribution in [1.82, 2.24) is 9.78 Å². The Hall–Kier alpha value is -1.81. The molecular weight excluding hydrogens is 250 g/mol. The van der Waals surface area contributed by atoms with Crippen molar-refractivity contribution >= 4 is 23.2 Å². The average Bonchev–Trinajstić information content (AvgIpc) is 2.62. The lowest BCUT2D eigenvalue weighted by molar-refractivity contribution is 0.102. The van der Waals surface area contributed by atoms with Gasteiger partial charge in [-0.1, -0.05) is 11.6 Å². The smallest absolute Gasteiger partial charge is 0.276 e. The second-order valence-electron chi connectivity index (χ2n) is 4.25. The molecule has 0 aliphatic heterocycles. The molecule has 0 unspecified atom stereocenters. The molecule has 1 aromatic heterocycles. The van der Waals surface area contributed by atoms with Crippen LogP contribution in [0.2, 0.25) is 5.02 Å². The second kappa shape index (κ2) is 4.82. The molecule has 4 nitrogen and oxygen atoms in total. The number of halogens is 1. The van der Waals surface area contributed by atoms with Crippen LogP contribution in [0.25, 0.3) is 0 Å². The summed E-state index contributed by atoms with van der Waals surface area (Å²) < 4.78 is 1.62. The molecule has 0 aliphatic carbocycles. The third-order valence-corrected chi connectivity index (χ3v) is 2.90. The summed E-state index contributed by atoms with van der Waals surface area (Å²) in [5.41, 5.74) is 2.95. The number of hydrogen-bond acceptors (Lipinski definition) is 2. The summed E-state index contributed by atoms with van der Waals surface area (Å²) in [6.07, 6.45) is 1.81. The minimum atomic E-state index is -0.210. The summed E-state index contributed by atoms with van der Waals surface area (Å²) in [5.74, 6) is -0.210. The SMILES string of the molecule is Cc1cc(Cl)ccc1NC(=O)c1nn(C)cc1C. The lowest BCUT2D eigenvalue weighted by Gasteiger charge is -2.07. The Morgan fingerprint density at radius 3 is 2.61 bits per heavy atom. The van der Waals surface area contributed by atoms with Gasteiger partial charge in [-0.05, 0) is 37.6 Å². The summed E-state index contributed by atoms with van der Waals surface area (Å²) >= 11 is 5.87. The van der Waals surface area contributed by atoms with Crippen molar-refractivity contribution in [2.45, 2.75) is 13.8 Å². The van der Waals surface area contributed by atoms with Gasteiger partial charge in [0.05, 0.1) is 0 Å². The minimum absolute atomic E-state index is 0.210. The van der Waals surface area contributed by atoms with E-state index in [-0.39, 0.29) is 5.91 Å². The van der Waals surface area contributed by atoms with Crippen LogP contribution in [0, 0.1) is 13.8 Å². The van der Waals surface area contributed by atoms with Crippen LogP contribution in [0.3, 0.4) is 0 Å². The quantitative estimate of drug-likeness (QED) is 0.906. The molecule has 5 heteroatoms. The Kier molecular flexibility index (Phi) is 3.39. The highest BCUT2D eigenvalue weighted by Crippen LogP contribution is 2.20. The highest BCUT2D eigenvalue weighted by Gasteiger charge is 2.14. The Morgan fingerprint density at radius 1 is 1.33 bits per heavy atom. The molecule has 1 aromatic carbocycles. The highest BCUT2D eigenvalue weighted by molar-refractivity contribution is 6.30. The van der Waals surface area contributed by atoms with Crippen molar-refractivity contribution in [2.75, 3.05) is 5.32 Å². The lowest BCUT2D eigenvalue weighted by Crippen LogP contribution is -2.14. The van der Waals surface area contributed by atoms with Crippen LogP contribution in [-0.2, 0) is 7.05 Å². The molecular formula is C13H14ClN3O. The van der Waals surface area contributed by atoms with E-state index in [0.717, 1.165) is 16.8 Å². The minimum Gasteiger partial charge on any atom is -0.320 e. The van der Waals surface area contributed by atoms with E-state index >= 15 is 0 Å².